The molecule has 1 aliphatic heterocycles. The fraction of sp³-hybridized carbons (Fsp3) is 0.286. The van der Waals surface area contributed by atoms with Crippen LogP contribution in [0, 0.1) is 0 Å². The second-order valence-corrected chi connectivity index (χ2v) is 8.09. The van der Waals surface area contributed by atoms with Crippen LogP contribution < -0.4 is 16.0 Å². The predicted octanol–water partition coefficient (Wildman–Crippen LogP) is 3.83. The first kappa shape index (κ1) is 22.7. The fourth-order valence-corrected chi connectivity index (χ4v) is 4.12. The van der Waals surface area contributed by atoms with Crippen molar-refractivity contribution < 1.29 is 27.6 Å². The summed E-state index contributed by atoms with van der Waals surface area (Å²) in [4.78, 5) is 37.0. The van der Waals surface area contributed by atoms with E-state index in [1.807, 2.05) is 19.1 Å². The molecule has 3 amide bonds. The number of carbonyl (C=O) groups is 3. The molecule has 2 aromatic rings. The summed E-state index contributed by atoms with van der Waals surface area (Å²) in [5, 5.41) is 6.80. The molecule has 0 aliphatic carbocycles. The summed E-state index contributed by atoms with van der Waals surface area (Å²) in [5.74, 6) is -1.48. The minimum atomic E-state index is -4.51. The molecule has 3 N–H and O–H groups in total. The van der Waals surface area contributed by atoms with E-state index in [-0.39, 0.29) is 18.7 Å². The summed E-state index contributed by atoms with van der Waals surface area (Å²) in [7, 11) is 0. The molecule has 0 unspecified atom stereocenters. The Kier molecular flexibility index (Phi) is 6.89. The van der Waals surface area contributed by atoms with E-state index in [1.165, 1.54) is 6.07 Å². The molecular weight excluding hydrogens is 431 g/mol. The summed E-state index contributed by atoms with van der Waals surface area (Å²) in [6.07, 6.45) is -3.99. The van der Waals surface area contributed by atoms with Crippen LogP contribution >= 0.6 is 11.8 Å². The first-order valence-corrected chi connectivity index (χ1v) is 10.4. The number of thioether (sulfide) groups is 1. The number of hydrogen-bond acceptors (Lipinski definition) is 4. The van der Waals surface area contributed by atoms with Gasteiger partial charge in [0.2, 0.25) is 17.7 Å². The standard InChI is InChI=1S/C21H20F3N3O3S/c1-2-12-5-3-4-6-14(12)26-19(29)11-25-18(28)10-17-20(30)27-15-9-13(21(22,23)24)7-8-16(15)31-17/h3-9,17H,2,10-11H2,1H3,(H,25,28)(H,26,29)(H,27,30)/t17-/m1/s1. The van der Waals surface area contributed by atoms with Crippen molar-refractivity contribution in [1.82, 2.24) is 5.32 Å². The van der Waals surface area contributed by atoms with E-state index in [0.29, 0.717) is 10.6 Å². The topological polar surface area (TPSA) is 87.3 Å². The van der Waals surface area contributed by atoms with Crippen molar-refractivity contribution in [2.45, 2.75) is 36.1 Å². The number of fused-ring (bicyclic) bond motifs is 1. The van der Waals surface area contributed by atoms with Gasteiger partial charge in [-0.25, -0.2) is 0 Å². The van der Waals surface area contributed by atoms with Crippen molar-refractivity contribution in [1.29, 1.82) is 0 Å². The van der Waals surface area contributed by atoms with Crippen molar-refractivity contribution in [2.24, 2.45) is 0 Å². The van der Waals surface area contributed by atoms with Gasteiger partial charge in [-0.15, -0.1) is 11.8 Å². The zero-order chi connectivity index (χ0) is 22.6. The minimum absolute atomic E-state index is 0.0652. The lowest BCUT2D eigenvalue weighted by Gasteiger charge is -2.24. The predicted molar refractivity (Wildman–Crippen MR) is 112 cm³/mol. The van der Waals surface area contributed by atoms with Crippen molar-refractivity contribution in [3.05, 3.63) is 53.6 Å². The lowest BCUT2D eigenvalue weighted by atomic mass is 10.1. The number of nitrogens with one attached hydrogen (secondary N) is 3. The second-order valence-electron chi connectivity index (χ2n) is 6.84. The lowest BCUT2D eigenvalue weighted by Crippen LogP contribution is -2.38. The molecule has 164 valence electrons. The van der Waals surface area contributed by atoms with Gasteiger partial charge < -0.3 is 16.0 Å². The first-order valence-electron chi connectivity index (χ1n) is 9.50. The van der Waals surface area contributed by atoms with Gasteiger partial charge in [-0.1, -0.05) is 25.1 Å². The summed E-state index contributed by atoms with van der Waals surface area (Å²) in [6.45, 7) is 1.70. The Morgan fingerprint density at radius 1 is 1.13 bits per heavy atom. The zero-order valence-electron chi connectivity index (χ0n) is 16.5. The third-order valence-corrected chi connectivity index (χ3v) is 5.89. The van der Waals surface area contributed by atoms with E-state index in [2.05, 4.69) is 16.0 Å². The summed E-state index contributed by atoms with van der Waals surface area (Å²) in [5.41, 5.74) is 0.834. The third-order valence-electron chi connectivity index (χ3n) is 4.62. The average molecular weight is 451 g/mol. The number of alkyl halides is 3. The Balaban J connectivity index is 1.54. The molecule has 1 heterocycles. The van der Waals surface area contributed by atoms with Gasteiger partial charge >= 0.3 is 6.18 Å². The Labute approximate surface area is 181 Å². The quantitative estimate of drug-likeness (QED) is 0.623. The third kappa shape index (κ3) is 5.78. The van der Waals surface area contributed by atoms with Gasteiger partial charge in [0.05, 0.1) is 23.0 Å². The minimum Gasteiger partial charge on any atom is -0.347 e. The number of benzene rings is 2. The van der Waals surface area contributed by atoms with Crippen molar-refractivity contribution in [3.8, 4) is 0 Å². The monoisotopic (exact) mass is 451 g/mol. The van der Waals surface area contributed by atoms with Gasteiger partial charge in [0, 0.05) is 17.0 Å². The van der Waals surface area contributed by atoms with Gasteiger partial charge in [-0.2, -0.15) is 13.2 Å². The first-order chi connectivity index (χ1) is 14.7. The Morgan fingerprint density at radius 3 is 2.58 bits per heavy atom. The number of aryl methyl sites for hydroxylation is 1. The molecule has 3 rings (SSSR count). The SMILES string of the molecule is CCc1ccccc1NC(=O)CNC(=O)C[C@H]1Sc2ccc(C(F)(F)F)cc2NC1=O. The summed E-state index contributed by atoms with van der Waals surface area (Å²) < 4.78 is 38.5. The van der Waals surface area contributed by atoms with Gasteiger partial charge in [0.15, 0.2) is 0 Å². The van der Waals surface area contributed by atoms with Gasteiger partial charge in [-0.3, -0.25) is 14.4 Å². The number of amides is 3. The van der Waals surface area contributed by atoms with Crippen LogP contribution in [0.2, 0.25) is 0 Å². The largest absolute Gasteiger partial charge is 0.416 e. The highest BCUT2D eigenvalue weighted by Gasteiger charge is 2.34. The molecule has 31 heavy (non-hydrogen) atoms. The molecule has 0 saturated carbocycles. The summed E-state index contributed by atoms with van der Waals surface area (Å²) in [6, 6.07) is 10.4. The molecule has 1 atom stereocenters. The molecule has 0 bridgehead atoms. The van der Waals surface area contributed by atoms with Crippen LogP contribution in [0.4, 0.5) is 24.5 Å². The maximum Gasteiger partial charge on any atom is 0.416 e. The van der Waals surface area contributed by atoms with Crippen LogP contribution in [-0.2, 0) is 27.0 Å². The normalized spacial score (nSPS) is 15.6. The van der Waals surface area contributed by atoms with E-state index in [1.54, 1.807) is 12.1 Å². The van der Waals surface area contributed by atoms with Crippen molar-refractivity contribution >= 4 is 40.9 Å². The highest BCUT2D eigenvalue weighted by atomic mass is 32.2. The molecular formula is C21H20F3N3O3S. The van der Waals surface area contributed by atoms with Crippen LogP contribution in [0.25, 0.3) is 0 Å². The molecule has 0 radical (unpaired) electrons. The van der Waals surface area contributed by atoms with Crippen LogP contribution in [0.15, 0.2) is 47.4 Å². The highest BCUT2D eigenvalue weighted by Crippen LogP contribution is 2.40. The van der Waals surface area contributed by atoms with E-state index in [0.717, 1.165) is 35.9 Å². The summed E-state index contributed by atoms with van der Waals surface area (Å²) >= 11 is 1.01. The molecule has 1 aliphatic rings. The molecule has 0 aromatic heterocycles. The van der Waals surface area contributed by atoms with E-state index in [4.69, 9.17) is 0 Å². The fourth-order valence-electron chi connectivity index (χ4n) is 3.03. The Morgan fingerprint density at radius 2 is 1.87 bits per heavy atom. The maximum absolute atomic E-state index is 12.8. The molecule has 0 saturated heterocycles. The van der Waals surface area contributed by atoms with Crippen LogP contribution in [0.5, 0.6) is 0 Å². The molecule has 2 aromatic carbocycles. The Hall–Kier alpha value is -3.01. The average Bonchev–Trinajstić information content (AvgIpc) is 2.72. The number of carbonyl (C=O) groups excluding carboxylic acids is 3. The van der Waals surface area contributed by atoms with E-state index < -0.39 is 34.7 Å². The smallest absolute Gasteiger partial charge is 0.347 e. The van der Waals surface area contributed by atoms with Gasteiger partial charge in [-0.05, 0) is 36.2 Å². The zero-order valence-corrected chi connectivity index (χ0v) is 17.3. The van der Waals surface area contributed by atoms with Crippen LogP contribution in [-0.4, -0.2) is 29.5 Å². The molecule has 10 heteroatoms. The number of halogens is 3. The Bertz CT molecular complexity index is 1010. The second kappa shape index (κ2) is 9.42. The van der Waals surface area contributed by atoms with E-state index in [9.17, 15) is 27.6 Å². The van der Waals surface area contributed by atoms with Gasteiger partial charge in [0.1, 0.15) is 0 Å². The van der Waals surface area contributed by atoms with Gasteiger partial charge in [0.25, 0.3) is 0 Å². The molecule has 6 nitrogen and oxygen atoms in total. The van der Waals surface area contributed by atoms with Crippen molar-refractivity contribution in [2.75, 3.05) is 17.2 Å². The van der Waals surface area contributed by atoms with Crippen molar-refractivity contribution in [3.63, 3.8) is 0 Å². The number of rotatable bonds is 6. The molecule has 0 fully saturated rings. The maximum atomic E-state index is 12.8. The van der Waals surface area contributed by atoms with Crippen LogP contribution in [0.1, 0.15) is 24.5 Å². The molecule has 0 spiro atoms. The van der Waals surface area contributed by atoms with Crippen LogP contribution in [0.3, 0.4) is 0 Å². The van der Waals surface area contributed by atoms with E-state index >= 15 is 0 Å². The lowest BCUT2D eigenvalue weighted by molar-refractivity contribution is -0.137. The number of para-hydroxylation sites is 1. The number of anilines is 2. The number of hydrogen-bond donors (Lipinski definition) is 3. The highest BCUT2D eigenvalue weighted by molar-refractivity contribution is 8.01.